The molecule has 3 aromatic carbocycles. The van der Waals surface area contributed by atoms with Gasteiger partial charge in [0.25, 0.3) is 5.91 Å². The predicted molar refractivity (Wildman–Crippen MR) is 178 cm³/mol. The third kappa shape index (κ3) is 9.60. The molecular weight excluding hydrogens is 534 g/mol. The minimum absolute atomic E-state index is 0.0896. The number of rotatable bonds is 16. The number of unbranched alkanes of at least 4 members (excludes halogenated alkanes) is 7. The molecule has 6 heteroatoms. The Morgan fingerprint density at radius 3 is 2.19 bits per heavy atom. The summed E-state index contributed by atoms with van der Waals surface area (Å²) >= 11 is 0. The number of carbonyl (C=O) groups is 2. The van der Waals surface area contributed by atoms with Crippen LogP contribution >= 0.6 is 0 Å². The number of ketones is 1. The van der Waals surface area contributed by atoms with Crippen LogP contribution in [0.25, 0.3) is 6.08 Å². The highest BCUT2D eigenvalue weighted by Gasteiger charge is 2.33. The normalized spacial score (nSPS) is 15.0. The van der Waals surface area contributed by atoms with Crippen LogP contribution in [0.4, 0.5) is 11.4 Å². The van der Waals surface area contributed by atoms with Gasteiger partial charge in [0.05, 0.1) is 23.7 Å². The Kier molecular flexibility index (Phi) is 12.0. The lowest BCUT2D eigenvalue weighted by molar-refractivity contribution is -0.118. The highest BCUT2D eigenvalue weighted by molar-refractivity contribution is 6.23. The zero-order valence-electron chi connectivity index (χ0n) is 25.7. The average Bonchev–Trinajstić information content (AvgIpc) is 3.31. The first kappa shape index (κ1) is 31.6. The molecule has 0 fully saturated rings. The largest absolute Gasteiger partial charge is 0.494 e. The van der Waals surface area contributed by atoms with Crippen molar-refractivity contribution in [1.29, 1.82) is 0 Å². The summed E-state index contributed by atoms with van der Waals surface area (Å²) in [5, 5.41) is 5.86. The van der Waals surface area contributed by atoms with E-state index in [1.807, 2.05) is 68.5 Å². The van der Waals surface area contributed by atoms with E-state index in [0.29, 0.717) is 17.0 Å². The lowest BCUT2D eigenvalue weighted by Crippen LogP contribution is -2.27. The maximum Gasteiger partial charge on any atom is 0.261 e. The molecule has 3 aromatic rings. The summed E-state index contributed by atoms with van der Waals surface area (Å²) in [6.45, 7) is 6.81. The Balaban J connectivity index is 1.21. The monoisotopic (exact) mass is 577 g/mol. The number of anilines is 1. The third-order valence-electron chi connectivity index (χ3n) is 7.56. The summed E-state index contributed by atoms with van der Waals surface area (Å²) in [6, 6.07) is 22.5. The number of ether oxygens (including phenoxy) is 1. The fraction of sp³-hybridized carbons (Fsp3) is 0.351. The van der Waals surface area contributed by atoms with Crippen LogP contribution in [0.15, 0.2) is 89.0 Å². The minimum atomic E-state index is -0.521. The SMILES string of the molecule is CCCCCCCCCCOc1ccc(/C=C/C(=O)c2ccc(N=CC3C(=O)N(c4ccc(C)cc4)N=C3C)cc2)cc1. The molecule has 1 aliphatic heterocycles. The molecule has 0 saturated carbocycles. The quantitative estimate of drug-likeness (QED) is 0.0737. The van der Waals surface area contributed by atoms with Gasteiger partial charge in [-0.15, -0.1) is 0 Å². The van der Waals surface area contributed by atoms with Gasteiger partial charge >= 0.3 is 0 Å². The summed E-state index contributed by atoms with van der Waals surface area (Å²) in [5.74, 6) is 0.108. The first-order valence-corrected chi connectivity index (χ1v) is 15.5. The highest BCUT2D eigenvalue weighted by Crippen LogP contribution is 2.24. The lowest BCUT2D eigenvalue weighted by atomic mass is 10.1. The van der Waals surface area contributed by atoms with Gasteiger partial charge in [0, 0.05) is 11.8 Å². The molecule has 0 radical (unpaired) electrons. The van der Waals surface area contributed by atoms with Gasteiger partial charge in [-0.3, -0.25) is 14.6 Å². The molecular formula is C37H43N3O3. The van der Waals surface area contributed by atoms with E-state index in [0.717, 1.165) is 35.6 Å². The Labute approximate surface area is 256 Å². The van der Waals surface area contributed by atoms with E-state index in [-0.39, 0.29) is 11.7 Å². The number of allylic oxidation sites excluding steroid dienone is 1. The second-order valence-electron chi connectivity index (χ2n) is 11.1. The van der Waals surface area contributed by atoms with Gasteiger partial charge in [0.2, 0.25) is 0 Å². The van der Waals surface area contributed by atoms with Crippen molar-refractivity contribution in [2.24, 2.45) is 16.0 Å². The van der Waals surface area contributed by atoms with Crippen molar-refractivity contribution in [2.75, 3.05) is 11.6 Å². The van der Waals surface area contributed by atoms with Crippen molar-refractivity contribution in [1.82, 2.24) is 0 Å². The maximum absolute atomic E-state index is 12.9. The van der Waals surface area contributed by atoms with Gasteiger partial charge in [0.15, 0.2) is 5.78 Å². The maximum atomic E-state index is 12.9. The number of nitrogens with zero attached hydrogens (tertiary/aromatic N) is 3. The molecule has 0 aromatic heterocycles. The summed E-state index contributed by atoms with van der Waals surface area (Å²) in [6.07, 6.45) is 15.2. The van der Waals surface area contributed by atoms with Gasteiger partial charge in [-0.25, -0.2) is 0 Å². The molecule has 224 valence electrons. The van der Waals surface area contributed by atoms with E-state index >= 15 is 0 Å². The number of benzene rings is 3. The van der Waals surface area contributed by atoms with E-state index in [2.05, 4.69) is 17.0 Å². The molecule has 0 aliphatic carbocycles. The second kappa shape index (κ2) is 16.4. The zero-order chi connectivity index (χ0) is 30.4. The molecule has 0 bridgehead atoms. The van der Waals surface area contributed by atoms with Gasteiger partial charge < -0.3 is 4.74 Å². The molecule has 1 heterocycles. The Morgan fingerprint density at radius 2 is 1.51 bits per heavy atom. The Hall–Kier alpha value is -4.32. The van der Waals surface area contributed by atoms with Crippen molar-refractivity contribution >= 4 is 41.1 Å². The van der Waals surface area contributed by atoms with Crippen molar-refractivity contribution in [3.8, 4) is 5.75 Å². The fourth-order valence-corrected chi connectivity index (χ4v) is 4.86. The predicted octanol–water partition coefficient (Wildman–Crippen LogP) is 9.15. The van der Waals surface area contributed by atoms with E-state index in [1.54, 1.807) is 36.6 Å². The summed E-state index contributed by atoms with van der Waals surface area (Å²) < 4.78 is 5.88. The first-order valence-electron chi connectivity index (χ1n) is 15.5. The van der Waals surface area contributed by atoms with Crippen LogP contribution in [0.3, 0.4) is 0 Å². The van der Waals surface area contributed by atoms with Crippen molar-refractivity contribution in [2.45, 2.75) is 72.1 Å². The molecule has 1 amide bonds. The lowest BCUT2D eigenvalue weighted by Gasteiger charge is -2.12. The van der Waals surface area contributed by atoms with Gasteiger partial charge in [0.1, 0.15) is 11.7 Å². The molecule has 0 saturated heterocycles. The van der Waals surface area contributed by atoms with Crippen LogP contribution in [0.5, 0.6) is 5.75 Å². The summed E-state index contributed by atoms with van der Waals surface area (Å²) in [5.41, 5.74) is 4.72. The van der Waals surface area contributed by atoms with Crippen LogP contribution in [0.1, 0.15) is 86.7 Å². The molecule has 1 atom stereocenters. The second-order valence-corrected chi connectivity index (χ2v) is 11.1. The number of aryl methyl sites for hydroxylation is 1. The van der Waals surface area contributed by atoms with Crippen molar-refractivity contribution < 1.29 is 14.3 Å². The molecule has 4 rings (SSSR count). The van der Waals surface area contributed by atoms with Crippen LogP contribution < -0.4 is 9.75 Å². The molecule has 0 spiro atoms. The molecule has 43 heavy (non-hydrogen) atoms. The first-order chi connectivity index (χ1) is 20.9. The van der Waals surface area contributed by atoms with Crippen LogP contribution in [0.2, 0.25) is 0 Å². The molecule has 6 nitrogen and oxygen atoms in total. The minimum Gasteiger partial charge on any atom is -0.494 e. The van der Waals surface area contributed by atoms with E-state index in [1.165, 1.54) is 50.0 Å². The molecule has 1 unspecified atom stereocenters. The highest BCUT2D eigenvalue weighted by atomic mass is 16.5. The fourth-order valence-electron chi connectivity index (χ4n) is 4.86. The van der Waals surface area contributed by atoms with Crippen LogP contribution in [-0.4, -0.2) is 30.2 Å². The molecule has 1 aliphatic rings. The number of carbonyl (C=O) groups excluding carboxylic acids is 2. The third-order valence-corrected chi connectivity index (χ3v) is 7.56. The van der Waals surface area contributed by atoms with Gasteiger partial charge in [-0.2, -0.15) is 10.1 Å². The Morgan fingerprint density at radius 1 is 0.860 bits per heavy atom. The van der Waals surface area contributed by atoms with E-state index < -0.39 is 5.92 Å². The number of hydrogen-bond acceptors (Lipinski definition) is 5. The van der Waals surface area contributed by atoms with Crippen molar-refractivity contribution in [3.05, 3.63) is 95.6 Å². The van der Waals surface area contributed by atoms with Crippen molar-refractivity contribution in [3.63, 3.8) is 0 Å². The topological polar surface area (TPSA) is 71.3 Å². The zero-order valence-corrected chi connectivity index (χ0v) is 25.7. The standard InChI is InChI=1S/C37H43N3O3/c1-4-5-6-7-8-9-10-11-26-43-34-23-14-30(15-24-34)16-25-36(41)31-17-19-32(20-18-31)38-27-35-29(3)39-40(37(35)42)33-21-12-28(2)13-22-33/h12-25,27,35H,4-11,26H2,1-3H3/b25-16+,38-27?. The van der Waals surface area contributed by atoms with Crippen LogP contribution in [-0.2, 0) is 4.79 Å². The summed E-state index contributed by atoms with van der Waals surface area (Å²) in [7, 11) is 0. The van der Waals surface area contributed by atoms with Gasteiger partial charge in [-0.1, -0.05) is 87.8 Å². The van der Waals surface area contributed by atoms with E-state index in [9.17, 15) is 9.59 Å². The number of amides is 1. The molecule has 0 N–H and O–H groups in total. The average molecular weight is 578 g/mol. The van der Waals surface area contributed by atoms with E-state index in [4.69, 9.17) is 4.74 Å². The van der Waals surface area contributed by atoms with Gasteiger partial charge in [-0.05, 0) is 80.4 Å². The number of hydrogen-bond donors (Lipinski definition) is 0. The number of hydrazone groups is 1. The summed E-state index contributed by atoms with van der Waals surface area (Å²) in [4.78, 5) is 30.2. The smallest absolute Gasteiger partial charge is 0.261 e. The van der Waals surface area contributed by atoms with Crippen LogP contribution in [0, 0.1) is 12.8 Å². The Bertz CT molecular complexity index is 1420. The number of aliphatic imine (C=N–C) groups is 1.